The molecule has 27 heavy (non-hydrogen) atoms. The van der Waals surface area contributed by atoms with Crippen LogP contribution in [-0.4, -0.2) is 23.0 Å². The van der Waals surface area contributed by atoms with Gasteiger partial charge in [0.2, 0.25) is 0 Å². The van der Waals surface area contributed by atoms with Crippen molar-refractivity contribution >= 4 is 16.9 Å². The number of nitrogens with zero attached hydrogens (tertiary/aromatic N) is 2. The average molecular weight is 375 g/mol. The van der Waals surface area contributed by atoms with Crippen LogP contribution in [0.5, 0.6) is 5.75 Å². The molecule has 0 aliphatic carbocycles. The van der Waals surface area contributed by atoms with E-state index in [9.17, 15) is 18.0 Å². The highest BCUT2D eigenvalue weighted by Crippen LogP contribution is 2.30. The van der Waals surface area contributed by atoms with Crippen LogP contribution < -0.4 is 10.1 Å². The summed E-state index contributed by atoms with van der Waals surface area (Å²) in [5.74, 6) is -0.160. The number of fused-ring (bicyclic) bond motifs is 1. The Morgan fingerprint density at radius 2 is 2.00 bits per heavy atom. The Kier molecular flexibility index (Phi) is 4.98. The number of ether oxygens (including phenoxy) is 1. The van der Waals surface area contributed by atoms with E-state index in [1.807, 2.05) is 0 Å². The molecule has 0 saturated carbocycles. The summed E-state index contributed by atoms with van der Waals surface area (Å²) in [4.78, 5) is 21.1. The molecule has 2 heterocycles. The van der Waals surface area contributed by atoms with Gasteiger partial charge in [0.05, 0.1) is 23.8 Å². The summed E-state index contributed by atoms with van der Waals surface area (Å²) in [6.07, 6.45) is -2.85. The third kappa shape index (κ3) is 3.84. The highest BCUT2D eigenvalue weighted by molar-refractivity contribution is 6.03. The van der Waals surface area contributed by atoms with E-state index in [2.05, 4.69) is 15.3 Å². The highest BCUT2D eigenvalue weighted by Gasteiger charge is 2.30. The van der Waals surface area contributed by atoms with Crippen molar-refractivity contribution in [1.82, 2.24) is 15.3 Å². The molecule has 3 aromatic rings. The fraction of sp³-hybridized carbons (Fsp3) is 0.211. The summed E-state index contributed by atoms with van der Waals surface area (Å²) in [6.45, 7) is 1.59. The van der Waals surface area contributed by atoms with E-state index in [1.54, 1.807) is 25.3 Å². The molecule has 8 heteroatoms. The van der Waals surface area contributed by atoms with Gasteiger partial charge in [-0.05, 0) is 36.8 Å². The van der Waals surface area contributed by atoms with Gasteiger partial charge in [0.25, 0.3) is 5.91 Å². The molecule has 5 nitrogen and oxygen atoms in total. The number of hydrogen-bond acceptors (Lipinski definition) is 4. The van der Waals surface area contributed by atoms with Crippen LogP contribution in [0, 0.1) is 6.92 Å². The van der Waals surface area contributed by atoms with E-state index in [0.29, 0.717) is 28.0 Å². The van der Waals surface area contributed by atoms with Crippen molar-refractivity contribution in [3.63, 3.8) is 0 Å². The summed E-state index contributed by atoms with van der Waals surface area (Å²) >= 11 is 0. The maximum Gasteiger partial charge on any atom is 0.416 e. The minimum absolute atomic E-state index is 0.0591. The van der Waals surface area contributed by atoms with Gasteiger partial charge in [-0.25, -0.2) is 9.97 Å². The van der Waals surface area contributed by atoms with Gasteiger partial charge < -0.3 is 10.1 Å². The number of carbonyl (C=O) groups is 1. The van der Waals surface area contributed by atoms with Crippen molar-refractivity contribution in [1.29, 1.82) is 0 Å². The lowest BCUT2D eigenvalue weighted by atomic mass is 10.1. The fourth-order valence-corrected chi connectivity index (χ4v) is 2.78. The van der Waals surface area contributed by atoms with E-state index in [-0.39, 0.29) is 12.1 Å². The molecule has 0 aliphatic heterocycles. The van der Waals surface area contributed by atoms with Gasteiger partial charge in [-0.1, -0.05) is 12.1 Å². The topological polar surface area (TPSA) is 64.1 Å². The van der Waals surface area contributed by atoms with Gasteiger partial charge in [-0.3, -0.25) is 4.79 Å². The van der Waals surface area contributed by atoms with E-state index < -0.39 is 17.6 Å². The first kappa shape index (κ1) is 18.6. The van der Waals surface area contributed by atoms with Gasteiger partial charge >= 0.3 is 6.18 Å². The highest BCUT2D eigenvalue weighted by atomic mass is 19.4. The van der Waals surface area contributed by atoms with Crippen molar-refractivity contribution in [3.05, 3.63) is 65.0 Å². The Morgan fingerprint density at radius 1 is 1.22 bits per heavy atom. The van der Waals surface area contributed by atoms with Crippen molar-refractivity contribution in [2.45, 2.75) is 19.6 Å². The predicted molar refractivity (Wildman–Crippen MR) is 93.4 cm³/mol. The van der Waals surface area contributed by atoms with Crippen LogP contribution in [0.3, 0.4) is 0 Å². The molecule has 0 saturated heterocycles. The number of amides is 1. The van der Waals surface area contributed by atoms with E-state index in [0.717, 1.165) is 12.1 Å². The van der Waals surface area contributed by atoms with E-state index >= 15 is 0 Å². The fourth-order valence-electron chi connectivity index (χ4n) is 2.78. The van der Waals surface area contributed by atoms with Crippen LogP contribution in [0.15, 0.2) is 42.6 Å². The molecule has 3 rings (SSSR count). The third-order valence-corrected chi connectivity index (χ3v) is 4.03. The summed E-state index contributed by atoms with van der Waals surface area (Å²) in [7, 11) is 1.44. The van der Waals surface area contributed by atoms with Crippen LogP contribution >= 0.6 is 0 Å². The first-order chi connectivity index (χ1) is 12.8. The van der Waals surface area contributed by atoms with Crippen molar-refractivity contribution in [2.75, 3.05) is 7.11 Å². The maximum absolute atomic E-state index is 12.8. The molecule has 0 bridgehead atoms. The largest absolute Gasteiger partial charge is 0.495 e. The second-order valence-corrected chi connectivity index (χ2v) is 5.86. The van der Waals surface area contributed by atoms with E-state index in [4.69, 9.17) is 4.74 Å². The molecule has 0 aliphatic rings. The normalized spacial score (nSPS) is 11.4. The zero-order chi connectivity index (χ0) is 19.6. The Hall–Kier alpha value is -3.16. The van der Waals surface area contributed by atoms with Gasteiger partial charge in [0, 0.05) is 12.7 Å². The molecule has 1 aromatic carbocycles. The third-order valence-electron chi connectivity index (χ3n) is 4.03. The Morgan fingerprint density at radius 3 is 2.70 bits per heavy atom. The zero-order valence-electron chi connectivity index (χ0n) is 14.6. The molecule has 0 spiro atoms. The number of rotatable bonds is 4. The van der Waals surface area contributed by atoms with Crippen LogP contribution in [0.4, 0.5) is 13.2 Å². The smallest absolute Gasteiger partial charge is 0.416 e. The van der Waals surface area contributed by atoms with Gasteiger partial charge in [-0.2, -0.15) is 13.2 Å². The Labute approximate surface area is 153 Å². The molecule has 140 valence electrons. The summed E-state index contributed by atoms with van der Waals surface area (Å²) in [5, 5.41) is 3.21. The number of pyridine rings is 2. The Bertz CT molecular complexity index is 1000. The lowest BCUT2D eigenvalue weighted by Crippen LogP contribution is -2.25. The molecule has 0 atom stereocenters. The molecule has 2 aromatic heterocycles. The van der Waals surface area contributed by atoms with Crippen LogP contribution in [0.25, 0.3) is 11.0 Å². The molecular formula is C19H16F3N3O2. The van der Waals surface area contributed by atoms with Crippen molar-refractivity contribution < 1.29 is 22.7 Å². The second-order valence-electron chi connectivity index (χ2n) is 5.86. The number of nitrogens with one attached hydrogen (secondary N) is 1. The average Bonchev–Trinajstić information content (AvgIpc) is 2.64. The predicted octanol–water partition coefficient (Wildman–Crippen LogP) is 3.90. The van der Waals surface area contributed by atoms with Gasteiger partial charge in [-0.15, -0.1) is 0 Å². The number of carbonyl (C=O) groups excluding carboxylic acids is 1. The summed E-state index contributed by atoms with van der Waals surface area (Å²) in [5.41, 5.74) is 0.664. The molecule has 0 unspecified atom stereocenters. The number of aromatic nitrogens is 2. The van der Waals surface area contributed by atoms with Gasteiger partial charge in [0.1, 0.15) is 11.3 Å². The number of hydrogen-bond donors (Lipinski definition) is 1. The SMILES string of the molecule is COc1c(C(=O)NCc2cccc(C(F)(F)F)c2)c(C)nc2ncccc12. The van der Waals surface area contributed by atoms with Crippen LogP contribution in [0.2, 0.25) is 0 Å². The maximum atomic E-state index is 12.8. The van der Waals surface area contributed by atoms with E-state index in [1.165, 1.54) is 19.2 Å². The monoisotopic (exact) mass is 375 g/mol. The first-order valence-corrected chi connectivity index (χ1v) is 8.05. The number of halogens is 3. The number of aryl methyl sites for hydroxylation is 1. The molecule has 0 radical (unpaired) electrons. The summed E-state index contributed by atoms with van der Waals surface area (Å²) in [6, 6.07) is 8.25. The lowest BCUT2D eigenvalue weighted by molar-refractivity contribution is -0.137. The van der Waals surface area contributed by atoms with Crippen LogP contribution in [0.1, 0.15) is 27.2 Å². The minimum atomic E-state index is -4.44. The van der Waals surface area contributed by atoms with Crippen molar-refractivity contribution in [3.8, 4) is 5.75 Å². The molecule has 0 fully saturated rings. The molecule has 1 amide bonds. The molecular weight excluding hydrogens is 359 g/mol. The minimum Gasteiger partial charge on any atom is -0.495 e. The van der Waals surface area contributed by atoms with Crippen LogP contribution in [-0.2, 0) is 12.7 Å². The molecule has 1 N–H and O–H groups in total. The standard InChI is InChI=1S/C19H16F3N3O2/c1-11-15(16(27-2)14-7-4-8-23-17(14)25-11)18(26)24-10-12-5-3-6-13(9-12)19(20,21)22/h3-9H,10H2,1-2H3,(H,24,26). The lowest BCUT2D eigenvalue weighted by Gasteiger charge is -2.14. The number of benzene rings is 1. The van der Waals surface area contributed by atoms with Crippen molar-refractivity contribution in [2.24, 2.45) is 0 Å². The number of methoxy groups -OCH3 is 1. The zero-order valence-corrected chi connectivity index (χ0v) is 14.6. The second kappa shape index (κ2) is 7.22. The number of alkyl halides is 3. The quantitative estimate of drug-likeness (QED) is 0.751. The summed E-state index contributed by atoms with van der Waals surface area (Å²) < 4.78 is 43.8. The Balaban J connectivity index is 1.88. The van der Waals surface area contributed by atoms with Gasteiger partial charge in [0.15, 0.2) is 5.65 Å². The first-order valence-electron chi connectivity index (χ1n) is 8.05.